The molecule has 0 spiro atoms. The van der Waals surface area contributed by atoms with Crippen molar-refractivity contribution in [2.45, 2.75) is 19.2 Å². The molecule has 1 N–H and O–H groups in total. The van der Waals surface area contributed by atoms with Gasteiger partial charge in [0, 0.05) is 11.3 Å². The molecule has 0 unspecified atom stereocenters. The Hall–Kier alpha value is -1.91. The van der Waals surface area contributed by atoms with Gasteiger partial charge in [0.05, 0.1) is 10.2 Å². The summed E-state index contributed by atoms with van der Waals surface area (Å²) in [6, 6.07) is 13.9. The Morgan fingerprint density at radius 2 is 1.95 bits per heavy atom. The van der Waals surface area contributed by atoms with Crippen LogP contribution in [0.25, 0.3) is 20.8 Å². The molecule has 112 valence electrons. The number of hydrogen-bond acceptors (Lipinski definition) is 3. The molecule has 3 aromatic rings. The normalized spacial score (nSPS) is 12.3. The first kappa shape index (κ1) is 15.0. The summed E-state index contributed by atoms with van der Waals surface area (Å²) in [5.41, 5.74) is 4.02. The van der Waals surface area contributed by atoms with Crippen molar-refractivity contribution in [3.8, 4) is 10.6 Å². The number of benzene rings is 2. The van der Waals surface area contributed by atoms with Gasteiger partial charge < -0.3 is 5.32 Å². The first-order valence-electron chi connectivity index (χ1n) is 6.95. The highest BCUT2D eigenvalue weighted by atomic mass is 35.5. The Bertz CT molecular complexity index is 824. The van der Waals surface area contributed by atoms with Gasteiger partial charge in [-0.05, 0) is 55.8 Å². The number of fused-ring (bicyclic) bond motifs is 1. The molecule has 1 aromatic heterocycles. The van der Waals surface area contributed by atoms with Crippen LogP contribution in [0.3, 0.4) is 0 Å². The molecule has 0 aliphatic heterocycles. The van der Waals surface area contributed by atoms with E-state index in [1.54, 1.807) is 18.3 Å². The van der Waals surface area contributed by atoms with E-state index in [1.807, 2.05) is 30.3 Å². The molecular weight excluding hydrogens is 316 g/mol. The third-order valence-corrected chi connectivity index (χ3v) is 4.57. The molecule has 2 aromatic carbocycles. The minimum atomic E-state index is -0.549. The van der Waals surface area contributed by atoms with Gasteiger partial charge in [0.2, 0.25) is 5.91 Å². The number of halogens is 1. The van der Waals surface area contributed by atoms with Gasteiger partial charge in [0.25, 0.3) is 0 Å². The predicted molar refractivity (Wildman–Crippen MR) is 93.7 cm³/mol. The van der Waals surface area contributed by atoms with Gasteiger partial charge in [-0.15, -0.1) is 22.9 Å². The second kappa shape index (κ2) is 6.07. The van der Waals surface area contributed by atoms with E-state index < -0.39 is 5.38 Å². The van der Waals surface area contributed by atoms with Gasteiger partial charge in [-0.3, -0.25) is 4.79 Å². The standard InChI is InChI=1S/C17H15ClN2OS/c1-10-3-8-14-15(9-10)22-17(20-14)12-4-6-13(7-5-12)19-16(21)11(2)18/h3-9,11H,1-2H3,(H,19,21)/t11-/m0/s1. The number of rotatable bonds is 3. The number of carbonyl (C=O) groups is 1. The van der Waals surface area contributed by atoms with Crippen molar-refractivity contribution < 1.29 is 4.79 Å². The molecule has 0 aliphatic carbocycles. The Morgan fingerprint density at radius 1 is 1.23 bits per heavy atom. The quantitative estimate of drug-likeness (QED) is 0.698. The third kappa shape index (κ3) is 3.13. The van der Waals surface area contributed by atoms with Crippen molar-refractivity contribution >= 4 is 44.7 Å². The molecule has 1 heterocycles. The summed E-state index contributed by atoms with van der Waals surface area (Å²) in [6.07, 6.45) is 0. The second-order valence-corrected chi connectivity index (χ2v) is 6.86. The summed E-state index contributed by atoms with van der Waals surface area (Å²) < 4.78 is 1.18. The number of carbonyl (C=O) groups excluding carboxylic acids is 1. The van der Waals surface area contributed by atoms with Crippen molar-refractivity contribution in [1.82, 2.24) is 4.98 Å². The van der Waals surface area contributed by atoms with Gasteiger partial charge in [-0.2, -0.15) is 0 Å². The highest BCUT2D eigenvalue weighted by Crippen LogP contribution is 2.31. The molecule has 0 fully saturated rings. The van der Waals surface area contributed by atoms with E-state index in [1.165, 1.54) is 10.3 Å². The van der Waals surface area contributed by atoms with E-state index in [0.29, 0.717) is 0 Å². The SMILES string of the molecule is Cc1ccc2nc(-c3ccc(NC(=O)[C@H](C)Cl)cc3)sc2c1. The zero-order chi connectivity index (χ0) is 15.7. The molecule has 0 radical (unpaired) electrons. The molecule has 0 saturated heterocycles. The first-order valence-corrected chi connectivity index (χ1v) is 8.21. The number of aryl methyl sites for hydroxylation is 1. The molecule has 0 bridgehead atoms. The van der Waals surface area contributed by atoms with Crippen molar-refractivity contribution in [3.05, 3.63) is 48.0 Å². The zero-order valence-electron chi connectivity index (χ0n) is 12.3. The summed E-state index contributed by atoms with van der Waals surface area (Å²) in [6.45, 7) is 3.72. The van der Waals surface area contributed by atoms with E-state index >= 15 is 0 Å². The van der Waals surface area contributed by atoms with E-state index in [2.05, 4.69) is 29.4 Å². The van der Waals surface area contributed by atoms with Crippen molar-refractivity contribution in [3.63, 3.8) is 0 Å². The number of nitrogens with one attached hydrogen (secondary N) is 1. The maximum absolute atomic E-state index is 11.6. The van der Waals surface area contributed by atoms with Gasteiger partial charge in [0.1, 0.15) is 10.4 Å². The van der Waals surface area contributed by atoms with Crippen LogP contribution < -0.4 is 5.32 Å². The van der Waals surface area contributed by atoms with Gasteiger partial charge >= 0.3 is 0 Å². The van der Waals surface area contributed by atoms with Crippen LogP contribution in [0.5, 0.6) is 0 Å². The highest BCUT2D eigenvalue weighted by molar-refractivity contribution is 7.21. The van der Waals surface area contributed by atoms with Crippen molar-refractivity contribution in [2.24, 2.45) is 0 Å². The van der Waals surface area contributed by atoms with E-state index in [9.17, 15) is 4.79 Å². The average Bonchev–Trinajstić information content (AvgIpc) is 2.90. The number of anilines is 1. The lowest BCUT2D eigenvalue weighted by Gasteiger charge is -2.06. The lowest BCUT2D eigenvalue weighted by Crippen LogP contribution is -2.20. The largest absolute Gasteiger partial charge is 0.325 e. The Kier molecular flexibility index (Phi) is 4.14. The van der Waals surface area contributed by atoms with E-state index in [-0.39, 0.29) is 5.91 Å². The molecule has 1 atom stereocenters. The fourth-order valence-corrected chi connectivity index (χ4v) is 3.22. The Balaban J connectivity index is 1.86. The smallest absolute Gasteiger partial charge is 0.242 e. The maximum atomic E-state index is 11.6. The number of nitrogens with zero attached hydrogens (tertiary/aromatic N) is 1. The van der Waals surface area contributed by atoms with Gasteiger partial charge in [-0.25, -0.2) is 4.98 Å². The lowest BCUT2D eigenvalue weighted by atomic mass is 10.2. The molecule has 3 nitrogen and oxygen atoms in total. The van der Waals surface area contributed by atoms with Crippen molar-refractivity contribution in [1.29, 1.82) is 0 Å². The third-order valence-electron chi connectivity index (χ3n) is 3.30. The van der Waals surface area contributed by atoms with Crippen LogP contribution in [0.2, 0.25) is 0 Å². The van der Waals surface area contributed by atoms with Crippen LogP contribution in [-0.4, -0.2) is 16.3 Å². The number of amides is 1. The number of hydrogen-bond donors (Lipinski definition) is 1. The molecule has 5 heteroatoms. The van der Waals surface area contributed by atoms with Crippen LogP contribution in [0.4, 0.5) is 5.69 Å². The average molecular weight is 331 g/mol. The second-order valence-electron chi connectivity index (χ2n) is 5.17. The summed E-state index contributed by atoms with van der Waals surface area (Å²) >= 11 is 7.41. The summed E-state index contributed by atoms with van der Waals surface area (Å²) in [7, 11) is 0. The van der Waals surface area contributed by atoms with E-state index in [4.69, 9.17) is 11.6 Å². The van der Waals surface area contributed by atoms with Gasteiger partial charge in [-0.1, -0.05) is 6.07 Å². The monoisotopic (exact) mass is 330 g/mol. The minimum Gasteiger partial charge on any atom is -0.325 e. The fraction of sp³-hybridized carbons (Fsp3) is 0.176. The van der Waals surface area contributed by atoms with E-state index in [0.717, 1.165) is 21.8 Å². The molecule has 22 heavy (non-hydrogen) atoms. The van der Waals surface area contributed by atoms with Gasteiger partial charge in [0.15, 0.2) is 0 Å². The highest BCUT2D eigenvalue weighted by Gasteiger charge is 2.10. The molecule has 0 aliphatic rings. The number of thiazole rings is 1. The molecule has 0 saturated carbocycles. The predicted octanol–water partition coefficient (Wildman–Crippen LogP) is 4.84. The molecular formula is C17H15ClN2OS. The van der Waals surface area contributed by atoms with Crippen molar-refractivity contribution in [2.75, 3.05) is 5.32 Å². The maximum Gasteiger partial charge on any atom is 0.242 e. The van der Waals surface area contributed by atoms with Crippen LogP contribution in [-0.2, 0) is 4.79 Å². The summed E-state index contributed by atoms with van der Waals surface area (Å²) in [5, 5.41) is 3.19. The zero-order valence-corrected chi connectivity index (χ0v) is 13.8. The van der Waals surface area contributed by atoms with Crippen LogP contribution in [0.15, 0.2) is 42.5 Å². The fourth-order valence-electron chi connectivity index (χ4n) is 2.09. The lowest BCUT2D eigenvalue weighted by molar-refractivity contribution is -0.115. The summed E-state index contributed by atoms with van der Waals surface area (Å²) in [5.74, 6) is -0.204. The first-order chi connectivity index (χ1) is 10.5. The molecule has 3 rings (SSSR count). The van der Waals surface area contributed by atoms with Crippen LogP contribution in [0, 0.1) is 6.92 Å². The van der Waals surface area contributed by atoms with Crippen LogP contribution in [0.1, 0.15) is 12.5 Å². The number of aromatic nitrogens is 1. The summed E-state index contributed by atoms with van der Waals surface area (Å²) in [4.78, 5) is 16.2. The minimum absolute atomic E-state index is 0.204. The topological polar surface area (TPSA) is 42.0 Å². The Morgan fingerprint density at radius 3 is 2.64 bits per heavy atom. The Labute approximate surface area is 138 Å². The van der Waals surface area contributed by atoms with Crippen LogP contribution >= 0.6 is 22.9 Å². The molecule has 1 amide bonds. The number of alkyl halides is 1.